The van der Waals surface area contributed by atoms with Gasteiger partial charge >= 0.3 is 12.0 Å². The molecule has 7 heteroatoms. The Kier molecular flexibility index (Phi) is 7.43. The summed E-state index contributed by atoms with van der Waals surface area (Å²) in [5.74, 6) is -1.89. The van der Waals surface area contributed by atoms with E-state index in [1.54, 1.807) is 0 Å². The Morgan fingerprint density at radius 2 is 1.68 bits per heavy atom. The van der Waals surface area contributed by atoms with Gasteiger partial charge in [-0.15, -0.1) is 0 Å². The molecule has 0 heterocycles. The van der Waals surface area contributed by atoms with Gasteiger partial charge in [-0.25, -0.2) is 9.59 Å². The molecule has 3 N–H and O–H groups in total. The quantitative estimate of drug-likeness (QED) is 0.473. The lowest BCUT2D eigenvalue weighted by Gasteiger charge is -2.10. The average Bonchev–Trinajstić information content (AvgIpc) is 2.32. The molecule has 0 aromatic carbocycles. The fourth-order valence-electron chi connectivity index (χ4n) is 1.17. The van der Waals surface area contributed by atoms with Crippen LogP contribution in [-0.4, -0.2) is 55.1 Å². The van der Waals surface area contributed by atoms with Gasteiger partial charge in [-0.2, -0.15) is 0 Å². The van der Waals surface area contributed by atoms with E-state index in [-0.39, 0.29) is 11.1 Å². The lowest BCUT2D eigenvalue weighted by molar-refractivity contribution is -0.133. The average molecular weight is 271 g/mol. The van der Waals surface area contributed by atoms with Crippen molar-refractivity contribution in [3.05, 3.63) is 11.1 Å². The topological polar surface area (TPSA) is 98.7 Å². The van der Waals surface area contributed by atoms with Crippen molar-refractivity contribution >= 4 is 17.9 Å². The normalized spacial score (nSPS) is 11.8. The van der Waals surface area contributed by atoms with Crippen LogP contribution in [-0.2, 0) is 9.59 Å². The highest BCUT2D eigenvalue weighted by molar-refractivity contribution is 6.07. The van der Waals surface area contributed by atoms with Crippen LogP contribution in [0.25, 0.3) is 0 Å². The molecule has 0 saturated carbocycles. The second kappa shape index (κ2) is 8.25. The van der Waals surface area contributed by atoms with E-state index in [1.807, 2.05) is 19.0 Å². The Labute approximate surface area is 112 Å². The van der Waals surface area contributed by atoms with Crippen molar-refractivity contribution in [1.82, 2.24) is 15.5 Å². The Morgan fingerprint density at radius 1 is 1.11 bits per heavy atom. The van der Waals surface area contributed by atoms with Crippen LogP contribution in [0.5, 0.6) is 0 Å². The van der Waals surface area contributed by atoms with Gasteiger partial charge in [0.05, 0.1) is 0 Å². The molecule has 3 amide bonds. The van der Waals surface area contributed by atoms with Crippen LogP contribution < -0.4 is 10.6 Å². The third-order valence-corrected chi connectivity index (χ3v) is 2.52. The lowest BCUT2D eigenvalue weighted by atomic mass is 10.1. The zero-order valence-corrected chi connectivity index (χ0v) is 11.7. The lowest BCUT2D eigenvalue weighted by Crippen LogP contribution is -2.41. The van der Waals surface area contributed by atoms with E-state index in [2.05, 4.69) is 10.6 Å². The van der Waals surface area contributed by atoms with Crippen molar-refractivity contribution in [1.29, 1.82) is 0 Å². The van der Waals surface area contributed by atoms with E-state index in [0.717, 1.165) is 13.0 Å². The molecule has 0 aliphatic heterocycles. The van der Waals surface area contributed by atoms with Crippen molar-refractivity contribution in [3.63, 3.8) is 0 Å². The van der Waals surface area contributed by atoms with Gasteiger partial charge in [0.2, 0.25) is 0 Å². The van der Waals surface area contributed by atoms with E-state index >= 15 is 0 Å². The molecule has 19 heavy (non-hydrogen) atoms. The number of nitrogens with one attached hydrogen (secondary N) is 2. The van der Waals surface area contributed by atoms with Gasteiger partial charge in [0.1, 0.15) is 0 Å². The summed E-state index contributed by atoms with van der Waals surface area (Å²) in [6, 6.07) is -0.624. The molecule has 0 aliphatic rings. The molecule has 0 radical (unpaired) electrons. The number of carboxylic acids is 1. The summed E-state index contributed by atoms with van der Waals surface area (Å²) >= 11 is 0. The van der Waals surface area contributed by atoms with Crippen LogP contribution in [0.15, 0.2) is 11.1 Å². The number of hydrogen-bond acceptors (Lipinski definition) is 4. The minimum atomic E-state index is -1.18. The minimum absolute atomic E-state index is 0.0101. The third-order valence-electron chi connectivity index (χ3n) is 2.52. The molecule has 0 rings (SSSR count). The van der Waals surface area contributed by atoms with Crippen LogP contribution in [0, 0.1) is 0 Å². The summed E-state index contributed by atoms with van der Waals surface area (Å²) in [4.78, 5) is 35.5. The monoisotopic (exact) mass is 271 g/mol. The van der Waals surface area contributed by atoms with Gasteiger partial charge in [-0.05, 0) is 40.9 Å². The van der Waals surface area contributed by atoms with Gasteiger partial charge < -0.3 is 15.3 Å². The molecule has 0 fully saturated rings. The van der Waals surface area contributed by atoms with E-state index < -0.39 is 17.9 Å². The van der Waals surface area contributed by atoms with Crippen LogP contribution in [0.2, 0.25) is 0 Å². The fraction of sp³-hybridized carbons (Fsp3) is 0.583. The van der Waals surface area contributed by atoms with E-state index in [0.29, 0.717) is 6.54 Å². The van der Waals surface area contributed by atoms with Crippen LogP contribution in [0.1, 0.15) is 20.3 Å². The molecule has 0 aromatic rings. The molecule has 0 unspecified atom stereocenters. The SMILES string of the molecule is CC(C(=O)O)=C(C)C(=O)NC(=O)NCCCN(C)C. The fourth-order valence-corrected chi connectivity index (χ4v) is 1.17. The number of amides is 3. The molecule has 0 saturated heterocycles. The molecule has 0 bridgehead atoms. The maximum absolute atomic E-state index is 11.5. The first kappa shape index (κ1) is 17.1. The molecule has 0 atom stereocenters. The zero-order chi connectivity index (χ0) is 15.0. The van der Waals surface area contributed by atoms with Crippen LogP contribution in [0.3, 0.4) is 0 Å². The first-order valence-corrected chi connectivity index (χ1v) is 5.90. The van der Waals surface area contributed by atoms with E-state index in [1.165, 1.54) is 13.8 Å². The maximum atomic E-state index is 11.5. The van der Waals surface area contributed by atoms with Crippen molar-refractivity contribution in [2.45, 2.75) is 20.3 Å². The van der Waals surface area contributed by atoms with Gasteiger partial charge in [0, 0.05) is 17.7 Å². The number of carboxylic acid groups (broad SMARTS) is 1. The van der Waals surface area contributed by atoms with Crippen LogP contribution in [0.4, 0.5) is 4.79 Å². The zero-order valence-electron chi connectivity index (χ0n) is 11.7. The molecule has 7 nitrogen and oxygen atoms in total. The first-order chi connectivity index (χ1) is 8.75. The number of carbonyl (C=O) groups is 3. The highest BCUT2D eigenvalue weighted by Gasteiger charge is 2.14. The highest BCUT2D eigenvalue weighted by atomic mass is 16.4. The third kappa shape index (κ3) is 7.20. The molecule has 0 aliphatic carbocycles. The van der Waals surface area contributed by atoms with Crippen molar-refractivity contribution in [2.75, 3.05) is 27.2 Å². The number of imide groups is 1. The Bertz CT molecular complexity index is 388. The summed E-state index contributed by atoms with van der Waals surface area (Å²) in [5.41, 5.74) is -0.0751. The smallest absolute Gasteiger partial charge is 0.331 e. The molecular weight excluding hydrogens is 250 g/mol. The van der Waals surface area contributed by atoms with E-state index in [9.17, 15) is 14.4 Å². The van der Waals surface area contributed by atoms with Gasteiger partial charge in [0.25, 0.3) is 5.91 Å². The second-order valence-electron chi connectivity index (χ2n) is 4.42. The summed E-state index contributed by atoms with van der Waals surface area (Å²) in [6.07, 6.45) is 0.761. The van der Waals surface area contributed by atoms with Crippen LogP contribution >= 0.6 is 0 Å². The molecular formula is C12H21N3O4. The van der Waals surface area contributed by atoms with Crippen molar-refractivity contribution in [2.24, 2.45) is 0 Å². The molecule has 0 aromatic heterocycles. The maximum Gasteiger partial charge on any atom is 0.331 e. The standard InChI is InChI=1S/C12H21N3O4/c1-8(9(2)11(17)18)10(16)14-12(19)13-6-5-7-15(3)4/h5-7H2,1-4H3,(H,17,18)(H2,13,14,16,19). The predicted molar refractivity (Wildman–Crippen MR) is 70.7 cm³/mol. The van der Waals surface area contributed by atoms with Gasteiger partial charge in [0.15, 0.2) is 0 Å². The summed E-state index contributed by atoms with van der Waals surface area (Å²) in [6.45, 7) is 3.94. The summed E-state index contributed by atoms with van der Waals surface area (Å²) in [7, 11) is 3.85. The Balaban J connectivity index is 4.17. The first-order valence-electron chi connectivity index (χ1n) is 5.90. The Morgan fingerprint density at radius 3 is 2.16 bits per heavy atom. The number of nitrogens with zero attached hydrogens (tertiary/aromatic N) is 1. The minimum Gasteiger partial charge on any atom is -0.478 e. The number of hydrogen-bond donors (Lipinski definition) is 3. The van der Waals surface area contributed by atoms with Crippen molar-refractivity contribution in [3.8, 4) is 0 Å². The van der Waals surface area contributed by atoms with Crippen molar-refractivity contribution < 1.29 is 19.5 Å². The predicted octanol–water partition coefficient (Wildman–Crippen LogP) is 0.185. The number of aliphatic carboxylic acids is 1. The number of carbonyl (C=O) groups excluding carboxylic acids is 2. The highest BCUT2D eigenvalue weighted by Crippen LogP contribution is 2.03. The number of rotatable bonds is 6. The Hall–Kier alpha value is -1.89. The summed E-state index contributed by atoms with van der Waals surface area (Å²) < 4.78 is 0. The largest absolute Gasteiger partial charge is 0.478 e. The van der Waals surface area contributed by atoms with Gasteiger partial charge in [-0.3, -0.25) is 10.1 Å². The molecule has 108 valence electrons. The summed E-state index contributed by atoms with van der Waals surface area (Å²) in [5, 5.41) is 13.3. The second-order valence-corrected chi connectivity index (χ2v) is 4.42. The molecule has 0 spiro atoms. The van der Waals surface area contributed by atoms with E-state index in [4.69, 9.17) is 5.11 Å². The van der Waals surface area contributed by atoms with Gasteiger partial charge in [-0.1, -0.05) is 0 Å². The number of urea groups is 1.